The maximum absolute atomic E-state index is 4.13. The van der Waals surface area contributed by atoms with Gasteiger partial charge in [-0.2, -0.15) is 0 Å². The van der Waals surface area contributed by atoms with Crippen molar-refractivity contribution in [3.8, 4) is 5.69 Å². The third-order valence-corrected chi connectivity index (χ3v) is 4.31. The van der Waals surface area contributed by atoms with Crippen LogP contribution in [0, 0.1) is 11.8 Å². The summed E-state index contributed by atoms with van der Waals surface area (Å²) < 4.78 is 2.06. The number of hydrogen-bond donors (Lipinski definition) is 1. The molecule has 3 heteroatoms. The van der Waals surface area contributed by atoms with Crippen LogP contribution in [0.2, 0.25) is 0 Å². The van der Waals surface area contributed by atoms with Gasteiger partial charge in [-0.1, -0.05) is 31.9 Å². The summed E-state index contributed by atoms with van der Waals surface area (Å²) in [5.41, 5.74) is 2.37. The van der Waals surface area contributed by atoms with E-state index in [4.69, 9.17) is 0 Å². The summed E-state index contributed by atoms with van der Waals surface area (Å²) in [5, 5.41) is 3.64. The Hall–Kier alpha value is -1.77. The number of imidazole rings is 1. The fourth-order valence-corrected chi connectivity index (χ4v) is 3.25. The van der Waals surface area contributed by atoms with Crippen LogP contribution in [0.5, 0.6) is 0 Å². The maximum Gasteiger partial charge on any atom is 0.0992 e. The van der Waals surface area contributed by atoms with Crippen LogP contribution in [0.25, 0.3) is 5.69 Å². The van der Waals surface area contributed by atoms with Gasteiger partial charge in [0.15, 0.2) is 0 Å². The molecule has 2 aromatic rings. The molecule has 20 heavy (non-hydrogen) atoms. The molecule has 1 aliphatic carbocycles. The molecule has 1 saturated carbocycles. The molecule has 1 N–H and O–H groups in total. The van der Waals surface area contributed by atoms with E-state index >= 15 is 0 Å². The molecule has 3 nitrogen and oxygen atoms in total. The lowest BCUT2D eigenvalue weighted by atomic mass is 9.82. The number of anilines is 1. The van der Waals surface area contributed by atoms with E-state index in [0.717, 1.165) is 18.4 Å². The molecule has 0 amide bonds. The summed E-state index contributed by atoms with van der Waals surface area (Å²) >= 11 is 0. The first-order chi connectivity index (χ1) is 9.83. The fraction of sp³-hybridized carbons (Fsp3) is 0.471. The molecule has 2 atom stereocenters. The molecule has 0 radical (unpaired) electrons. The molecule has 106 valence electrons. The Morgan fingerprint density at radius 2 is 2.20 bits per heavy atom. The molecule has 0 aliphatic heterocycles. The van der Waals surface area contributed by atoms with Crippen molar-refractivity contribution in [2.24, 2.45) is 11.8 Å². The smallest absolute Gasteiger partial charge is 0.0992 e. The van der Waals surface area contributed by atoms with Gasteiger partial charge in [-0.15, -0.1) is 0 Å². The van der Waals surface area contributed by atoms with Crippen LogP contribution < -0.4 is 5.32 Å². The molecule has 2 unspecified atom stereocenters. The summed E-state index contributed by atoms with van der Waals surface area (Å²) in [6, 6.07) is 8.45. The molecular formula is C17H23N3. The zero-order valence-electron chi connectivity index (χ0n) is 12.1. The SMILES string of the molecule is CC1CCCC(CNc2ccccc2-n2ccnc2)C1. The lowest BCUT2D eigenvalue weighted by molar-refractivity contribution is 0.293. The monoisotopic (exact) mass is 269 g/mol. The summed E-state index contributed by atoms with van der Waals surface area (Å²) in [7, 11) is 0. The van der Waals surface area contributed by atoms with E-state index in [-0.39, 0.29) is 0 Å². The van der Waals surface area contributed by atoms with Gasteiger partial charge in [0.05, 0.1) is 17.7 Å². The van der Waals surface area contributed by atoms with Crippen molar-refractivity contribution in [1.82, 2.24) is 9.55 Å². The minimum atomic E-state index is 0.814. The van der Waals surface area contributed by atoms with E-state index in [2.05, 4.69) is 46.1 Å². The Kier molecular flexibility index (Phi) is 4.05. The van der Waals surface area contributed by atoms with E-state index < -0.39 is 0 Å². The first kappa shape index (κ1) is 13.2. The predicted octanol–water partition coefficient (Wildman–Crippen LogP) is 4.11. The quantitative estimate of drug-likeness (QED) is 0.905. The van der Waals surface area contributed by atoms with Gasteiger partial charge in [-0.05, 0) is 36.8 Å². The Labute approximate surface area is 121 Å². The van der Waals surface area contributed by atoms with Crippen molar-refractivity contribution in [3.05, 3.63) is 43.0 Å². The average Bonchev–Trinajstić information content (AvgIpc) is 3.00. The molecule has 3 rings (SSSR count). The number of nitrogens with zero attached hydrogens (tertiary/aromatic N) is 2. The van der Waals surface area contributed by atoms with Crippen molar-refractivity contribution in [1.29, 1.82) is 0 Å². The Morgan fingerprint density at radius 3 is 3.00 bits per heavy atom. The van der Waals surface area contributed by atoms with Crippen LogP contribution in [0.15, 0.2) is 43.0 Å². The number of hydrogen-bond acceptors (Lipinski definition) is 2. The van der Waals surface area contributed by atoms with E-state index in [9.17, 15) is 0 Å². The number of nitrogens with one attached hydrogen (secondary N) is 1. The van der Waals surface area contributed by atoms with Crippen LogP contribution >= 0.6 is 0 Å². The average molecular weight is 269 g/mol. The van der Waals surface area contributed by atoms with Crippen molar-refractivity contribution < 1.29 is 0 Å². The van der Waals surface area contributed by atoms with E-state index in [1.54, 1.807) is 0 Å². The highest BCUT2D eigenvalue weighted by atomic mass is 15.1. The van der Waals surface area contributed by atoms with Gasteiger partial charge in [0.25, 0.3) is 0 Å². The summed E-state index contributed by atoms with van der Waals surface area (Å²) in [6.07, 6.45) is 11.2. The lowest BCUT2D eigenvalue weighted by Crippen LogP contribution is -2.21. The standard InChI is InChI=1S/C17H23N3/c1-14-5-4-6-15(11-14)12-19-16-7-2-3-8-17(16)20-10-9-18-13-20/h2-3,7-10,13-15,19H,4-6,11-12H2,1H3. The maximum atomic E-state index is 4.13. The third-order valence-electron chi connectivity index (χ3n) is 4.31. The molecule has 0 bridgehead atoms. The molecule has 1 heterocycles. The molecule has 1 fully saturated rings. The number of benzene rings is 1. The largest absolute Gasteiger partial charge is 0.383 e. The van der Waals surface area contributed by atoms with Crippen molar-refractivity contribution >= 4 is 5.69 Å². The summed E-state index contributed by atoms with van der Waals surface area (Å²) in [4.78, 5) is 4.13. The van der Waals surface area contributed by atoms with E-state index in [1.165, 1.54) is 37.1 Å². The minimum absolute atomic E-state index is 0.814. The minimum Gasteiger partial charge on any atom is -0.383 e. The highest BCUT2D eigenvalue weighted by Crippen LogP contribution is 2.29. The van der Waals surface area contributed by atoms with E-state index in [1.807, 2.05) is 18.7 Å². The molecular weight excluding hydrogens is 246 g/mol. The van der Waals surface area contributed by atoms with Gasteiger partial charge in [0.2, 0.25) is 0 Å². The zero-order chi connectivity index (χ0) is 13.8. The van der Waals surface area contributed by atoms with Crippen molar-refractivity contribution in [3.63, 3.8) is 0 Å². The van der Waals surface area contributed by atoms with Gasteiger partial charge < -0.3 is 9.88 Å². The van der Waals surface area contributed by atoms with Crippen LogP contribution in [0.3, 0.4) is 0 Å². The highest BCUT2D eigenvalue weighted by molar-refractivity contribution is 5.60. The topological polar surface area (TPSA) is 29.9 Å². The van der Waals surface area contributed by atoms with Gasteiger partial charge in [0.1, 0.15) is 0 Å². The van der Waals surface area contributed by atoms with Crippen LogP contribution in [0.1, 0.15) is 32.6 Å². The Balaban J connectivity index is 1.68. The van der Waals surface area contributed by atoms with Crippen LogP contribution in [-0.4, -0.2) is 16.1 Å². The van der Waals surface area contributed by atoms with Gasteiger partial charge in [-0.25, -0.2) is 4.98 Å². The molecule has 0 saturated heterocycles. The number of para-hydroxylation sites is 2. The van der Waals surface area contributed by atoms with Gasteiger partial charge in [-0.3, -0.25) is 0 Å². The van der Waals surface area contributed by atoms with Crippen molar-refractivity contribution in [2.75, 3.05) is 11.9 Å². The van der Waals surface area contributed by atoms with E-state index in [0.29, 0.717) is 0 Å². The first-order valence-corrected chi connectivity index (χ1v) is 7.64. The Bertz CT molecular complexity index is 533. The zero-order valence-corrected chi connectivity index (χ0v) is 12.1. The number of aromatic nitrogens is 2. The third kappa shape index (κ3) is 3.03. The second-order valence-corrected chi connectivity index (χ2v) is 6.01. The molecule has 1 aromatic carbocycles. The van der Waals surface area contributed by atoms with Crippen LogP contribution in [-0.2, 0) is 0 Å². The fourth-order valence-electron chi connectivity index (χ4n) is 3.25. The first-order valence-electron chi connectivity index (χ1n) is 7.64. The molecule has 1 aromatic heterocycles. The van der Waals surface area contributed by atoms with Gasteiger partial charge in [0, 0.05) is 18.9 Å². The normalized spacial score (nSPS) is 22.6. The lowest BCUT2D eigenvalue weighted by Gasteiger charge is -2.27. The molecule has 0 spiro atoms. The summed E-state index contributed by atoms with van der Waals surface area (Å²) in [5.74, 6) is 1.70. The van der Waals surface area contributed by atoms with Crippen molar-refractivity contribution in [2.45, 2.75) is 32.6 Å². The predicted molar refractivity (Wildman–Crippen MR) is 83.2 cm³/mol. The number of rotatable bonds is 4. The Morgan fingerprint density at radius 1 is 1.30 bits per heavy atom. The second kappa shape index (κ2) is 6.12. The molecule has 1 aliphatic rings. The van der Waals surface area contributed by atoms with Gasteiger partial charge >= 0.3 is 0 Å². The highest BCUT2D eigenvalue weighted by Gasteiger charge is 2.18. The van der Waals surface area contributed by atoms with Crippen LogP contribution in [0.4, 0.5) is 5.69 Å². The second-order valence-electron chi connectivity index (χ2n) is 6.01. The summed E-state index contributed by atoms with van der Waals surface area (Å²) in [6.45, 7) is 3.46.